The molecule has 0 unspecified atom stereocenters. The van der Waals surface area contributed by atoms with E-state index in [1.54, 1.807) is 13.8 Å². The minimum absolute atomic E-state index is 0. The molecule has 1 rings (SSSR count). The van der Waals surface area contributed by atoms with Crippen LogP contribution in [0.5, 0.6) is 0 Å². The molecule has 2 nitrogen and oxygen atoms in total. The number of nitrogens with one attached hydrogen (secondary N) is 1. The number of rotatable bonds is 3. The number of hydrogen-bond acceptors (Lipinski definition) is 1. The third-order valence-corrected chi connectivity index (χ3v) is 2.12. The van der Waals surface area contributed by atoms with Crippen molar-refractivity contribution in [2.75, 3.05) is 0 Å². The number of carbonyl (C=O) groups excluding carboxylic acids is 1. The number of hydrogen-bond donors (Lipinski definition) is 1. The second-order valence-electron chi connectivity index (χ2n) is 4.65. The Morgan fingerprint density at radius 1 is 1.44 bits per heavy atom. The molecule has 0 saturated carbocycles. The van der Waals surface area contributed by atoms with E-state index in [1.165, 1.54) is 0 Å². The molecule has 1 N–H and O–H groups in total. The first-order valence-electron chi connectivity index (χ1n) is 5.28. The molecule has 1 aromatic rings. The molecule has 18 heavy (non-hydrogen) atoms. The van der Waals surface area contributed by atoms with E-state index >= 15 is 0 Å². The maximum Gasteiger partial charge on any atom is 0.220 e. The molecule has 0 fully saturated rings. The summed E-state index contributed by atoms with van der Waals surface area (Å²) in [7, 11) is 5.71. The van der Waals surface area contributed by atoms with Crippen LogP contribution >= 0.6 is 0 Å². The van der Waals surface area contributed by atoms with Gasteiger partial charge in [0.1, 0.15) is 7.85 Å². The van der Waals surface area contributed by atoms with Crippen molar-refractivity contribution >= 4 is 13.8 Å². The van der Waals surface area contributed by atoms with E-state index in [2.05, 4.69) is 17.4 Å². The van der Waals surface area contributed by atoms with Gasteiger partial charge in [-0.1, -0.05) is 20.8 Å². The quantitative estimate of drug-likeness (QED) is 0.510. The summed E-state index contributed by atoms with van der Waals surface area (Å²) in [4.78, 5) is 11.7. The van der Waals surface area contributed by atoms with Crippen LogP contribution in [0.3, 0.4) is 0 Å². The predicted molar refractivity (Wildman–Crippen MR) is 65.3 cm³/mol. The fourth-order valence-electron chi connectivity index (χ4n) is 1.41. The minimum atomic E-state index is -0.680. The Morgan fingerprint density at radius 2 is 2.00 bits per heavy atom. The Balaban J connectivity index is 0. The normalized spacial score (nSPS) is 10.0. The smallest absolute Gasteiger partial charge is 0.220 e. The molecule has 0 heterocycles. The van der Waals surface area contributed by atoms with Gasteiger partial charge in [0.15, 0.2) is 0 Å². The zero-order chi connectivity index (χ0) is 12.3. The first-order valence-corrected chi connectivity index (χ1v) is 5.28. The molecule has 1 amide bonds. The van der Waals surface area contributed by atoms with Crippen LogP contribution in [-0.4, -0.2) is 19.2 Å². The summed E-state index contributed by atoms with van der Waals surface area (Å²) >= 11 is 0. The summed E-state index contributed by atoms with van der Waals surface area (Å²) in [6.07, 6.45) is 0.308. The monoisotopic (exact) mass is 486 g/mol. The van der Waals surface area contributed by atoms with E-state index in [1.807, 2.05) is 19.9 Å². The van der Waals surface area contributed by atoms with Gasteiger partial charge in [0.05, 0.1) is 0 Å². The molecule has 0 bridgehead atoms. The molecule has 0 aliphatic rings. The van der Waals surface area contributed by atoms with Crippen molar-refractivity contribution in [3.8, 4) is 0 Å². The Hall–Kier alpha value is 0.547. The topological polar surface area (TPSA) is 29.1 Å². The van der Waals surface area contributed by atoms with Gasteiger partial charge in [-0.2, -0.15) is 0 Å². The first kappa shape index (κ1) is 20.9. The molecule has 0 aliphatic heterocycles. The van der Waals surface area contributed by atoms with Crippen molar-refractivity contribution in [2.24, 2.45) is 0 Å². The van der Waals surface area contributed by atoms with E-state index in [9.17, 15) is 4.79 Å². The van der Waals surface area contributed by atoms with Crippen LogP contribution in [0.2, 0.25) is 0 Å². The maximum atomic E-state index is 11.7. The van der Waals surface area contributed by atoms with Gasteiger partial charge in [0.2, 0.25) is 5.91 Å². The molecule has 0 aliphatic carbocycles. The SMILES string of the molecule is [B]C(C)(C)NC(=O)Cc1[c-]c(C)[c-]cc1C.[W].[Y]. The third-order valence-electron chi connectivity index (χ3n) is 2.12. The second kappa shape index (κ2) is 8.67. The number of benzene rings is 1. The maximum absolute atomic E-state index is 11.7. The number of amides is 1. The molecule has 0 atom stereocenters. The number of carbonyl (C=O) groups is 1. The van der Waals surface area contributed by atoms with Crippen molar-refractivity contribution in [3.63, 3.8) is 0 Å². The zero-order valence-electron chi connectivity index (χ0n) is 11.3. The van der Waals surface area contributed by atoms with Crippen LogP contribution in [0.15, 0.2) is 6.07 Å². The summed E-state index contributed by atoms with van der Waals surface area (Å²) in [6.45, 7) is 7.37. The summed E-state index contributed by atoms with van der Waals surface area (Å²) in [6, 6.07) is 8.06. The van der Waals surface area contributed by atoms with Gasteiger partial charge in [-0.3, -0.25) is 27.6 Å². The first-order chi connectivity index (χ1) is 7.28. The number of aryl methyl sites for hydroxylation is 2. The molecular formula is C13H16BNOWY-2. The van der Waals surface area contributed by atoms with Crippen molar-refractivity contribution in [2.45, 2.75) is 39.6 Å². The summed E-state index contributed by atoms with van der Waals surface area (Å²) in [5.41, 5.74) is 2.16. The van der Waals surface area contributed by atoms with Crippen molar-refractivity contribution in [1.82, 2.24) is 5.32 Å². The molecule has 3 radical (unpaired) electrons. The van der Waals surface area contributed by atoms with E-state index < -0.39 is 5.44 Å². The van der Waals surface area contributed by atoms with Crippen LogP contribution in [0, 0.1) is 26.0 Å². The predicted octanol–water partition coefficient (Wildman–Crippen LogP) is 1.46. The van der Waals surface area contributed by atoms with E-state index in [0.29, 0.717) is 6.42 Å². The fourth-order valence-corrected chi connectivity index (χ4v) is 1.41. The summed E-state index contributed by atoms with van der Waals surface area (Å²) in [5.74, 6) is -0.0857. The van der Waals surface area contributed by atoms with Crippen LogP contribution in [0.4, 0.5) is 0 Å². The van der Waals surface area contributed by atoms with Gasteiger partial charge < -0.3 is 17.4 Å². The fraction of sp³-hybridized carbons (Fsp3) is 0.462. The Bertz CT molecular complexity index is 404. The van der Waals surface area contributed by atoms with Crippen molar-refractivity contribution in [1.29, 1.82) is 0 Å². The van der Waals surface area contributed by atoms with Crippen LogP contribution in [0.25, 0.3) is 0 Å². The van der Waals surface area contributed by atoms with Crippen LogP contribution in [0.1, 0.15) is 30.5 Å². The Morgan fingerprint density at radius 3 is 2.50 bits per heavy atom. The van der Waals surface area contributed by atoms with Crippen LogP contribution in [-0.2, 0) is 65.0 Å². The zero-order valence-corrected chi connectivity index (χ0v) is 17.0. The standard InChI is InChI=1S/C13H16BNO.W.Y/c1-9-5-6-10(2)11(7-9)8-12(16)15-13(3,4)14;;/h6H,8H2,1-4H3,(H,15,16);;/q-2;;. The van der Waals surface area contributed by atoms with Crippen molar-refractivity contribution in [3.05, 3.63) is 34.9 Å². The average Bonchev–Trinajstić information content (AvgIpc) is 2.08. The largest absolute Gasteiger partial charge is 0.360 e. The van der Waals surface area contributed by atoms with E-state index in [4.69, 9.17) is 7.85 Å². The van der Waals surface area contributed by atoms with Crippen LogP contribution < -0.4 is 5.32 Å². The summed E-state index contributed by atoms with van der Waals surface area (Å²) < 4.78 is 0. The molecule has 1 aromatic carbocycles. The van der Waals surface area contributed by atoms with E-state index in [-0.39, 0.29) is 59.7 Å². The molecule has 0 spiro atoms. The molecular weight excluding hydrogens is 470 g/mol. The van der Waals surface area contributed by atoms with E-state index in [0.717, 1.165) is 16.7 Å². The third kappa shape index (κ3) is 7.87. The molecule has 93 valence electrons. The average molecular weight is 486 g/mol. The Labute approximate surface area is 151 Å². The van der Waals surface area contributed by atoms with Gasteiger partial charge in [-0.15, -0.1) is 6.92 Å². The van der Waals surface area contributed by atoms with Gasteiger partial charge in [-0.05, 0) is 5.44 Å². The van der Waals surface area contributed by atoms with Gasteiger partial charge >= 0.3 is 0 Å². The summed E-state index contributed by atoms with van der Waals surface area (Å²) in [5, 5.41) is 2.72. The molecule has 0 aromatic heterocycles. The molecule has 5 heteroatoms. The van der Waals surface area contributed by atoms with Gasteiger partial charge in [0.25, 0.3) is 0 Å². The second-order valence-corrected chi connectivity index (χ2v) is 4.65. The molecule has 0 saturated heterocycles. The van der Waals surface area contributed by atoms with Crippen molar-refractivity contribution < 1.29 is 58.6 Å². The van der Waals surface area contributed by atoms with Gasteiger partial charge in [-0.25, -0.2) is 0 Å². The van der Waals surface area contributed by atoms with Gasteiger partial charge in [0, 0.05) is 60.2 Å². The Kier molecular flexibility index (Phi) is 10.0. The minimum Gasteiger partial charge on any atom is -0.360 e.